The van der Waals surface area contributed by atoms with Crippen LogP contribution in [0.3, 0.4) is 0 Å². The average Bonchev–Trinajstić information content (AvgIpc) is 2.46. The highest BCUT2D eigenvalue weighted by atomic mass is 15.0. The Morgan fingerprint density at radius 3 is 2.80 bits per heavy atom. The van der Waals surface area contributed by atoms with Gasteiger partial charge in [0.2, 0.25) is 0 Å². The number of hydrogen-bond acceptors (Lipinski definition) is 4. The zero-order valence-corrected chi connectivity index (χ0v) is 12.3. The number of aromatic nitrogens is 3. The van der Waals surface area contributed by atoms with Crippen LogP contribution in [0.2, 0.25) is 0 Å². The van der Waals surface area contributed by atoms with Crippen LogP contribution in [0, 0.1) is 6.92 Å². The van der Waals surface area contributed by atoms with Gasteiger partial charge >= 0.3 is 0 Å². The van der Waals surface area contributed by atoms with Gasteiger partial charge in [-0.1, -0.05) is 13.8 Å². The molecule has 4 nitrogen and oxygen atoms in total. The van der Waals surface area contributed by atoms with Gasteiger partial charge in [-0.3, -0.25) is 0 Å². The molecule has 0 saturated carbocycles. The molecule has 1 aliphatic rings. The lowest BCUT2D eigenvalue weighted by Gasteiger charge is -2.18. The summed E-state index contributed by atoms with van der Waals surface area (Å²) >= 11 is 0. The molecule has 1 aliphatic heterocycles. The molecular weight excluding hydrogens is 248 g/mol. The van der Waals surface area contributed by atoms with E-state index in [2.05, 4.69) is 52.3 Å². The third kappa shape index (κ3) is 2.50. The highest BCUT2D eigenvalue weighted by molar-refractivity contribution is 5.64. The van der Waals surface area contributed by atoms with Crippen LogP contribution < -0.4 is 5.32 Å². The van der Waals surface area contributed by atoms with E-state index in [0.717, 1.165) is 36.0 Å². The van der Waals surface area contributed by atoms with Gasteiger partial charge in [0.1, 0.15) is 11.6 Å². The summed E-state index contributed by atoms with van der Waals surface area (Å²) in [5, 5.41) is 3.43. The van der Waals surface area contributed by atoms with Crippen molar-refractivity contribution in [2.75, 3.05) is 11.9 Å². The predicted octanol–water partition coefficient (Wildman–Crippen LogP) is 3.33. The first kappa shape index (κ1) is 13.0. The largest absolute Gasteiger partial charge is 0.385 e. The minimum Gasteiger partial charge on any atom is -0.385 e. The van der Waals surface area contributed by atoms with Gasteiger partial charge in [0.15, 0.2) is 5.82 Å². The fourth-order valence-corrected chi connectivity index (χ4v) is 2.50. The van der Waals surface area contributed by atoms with Crippen molar-refractivity contribution in [1.82, 2.24) is 15.0 Å². The second kappa shape index (κ2) is 5.19. The molecule has 1 aromatic heterocycles. The molecule has 20 heavy (non-hydrogen) atoms. The Morgan fingerprint density at radius 2 is 2.00 bits per heavy atom. The molecule has 0 fully saturated rings. The molecule has 0 unspecified atom stereocenters. The van der Waals surface area contributed by atoms with Crippen molar-refractivity contribution in [2.24, 2.45) is 0 Å². The van der Waals surface area contributed by atoms with Crippen molar-refractivity contribution in [3.8, 4) is 11.4 Å². The molecule has 2 heterocycles. The van der Waals surface area contributed by atoms with Crippen molar-refractivity contribution < 1.29 is 0 Å². The molecule has 1 aromatic carbocycles. The summed E-state index contributed by atoms with van der Waals surface area (Å²) in [6, 6.07) is 6.44. The molecule has 0 radical (unpaired) electrons. The summed E-state index contributed by atoms with van der Waals surface area (Å²) in [5.41, 5.74) is 3.69. The maximum absolute atomic E-state index is 4.61. The summed E-state index contributed by atoms with van der Waals surface area (Å²) in [4.78, 5) is 13.5. The van der Waals surface area contributed by atoms with Gasteiger partial charge in [-0.05, 0) is 43.5 Å². The molecular formula is C16H20N4. The number of nitrogens with one attached hydrogen (secondary N) is 1. The summed E-state index contributed by atoms with van der Waals surface area (Å²) in [6.07, 6.45) is 2.31. The van der Waals surface area contributed by atoms with E-state index in [1.807, 2.05) is 6.92 Å². The Hall–Kier alpha value is -1.97. The van der Waals surface area contributed by atoms with Crippen molar-refractivity contribution in [2.45, 2.75) is 39.5 Å². The molecule has 1 N–H and O–H groups in total. The molecule has 0 amide bonds. The monoisotopic (exact) mass is 268 g/mol. The third-order valence-corrected chi connectivity index (χ3v) is 3.58. The van der Waals surface area contributed by atoms with Gasteiger partial charge < -0.3 is 5.32 Å². The first-order chi connectivity index (χ1) is 9.63. The van der Waals surface area contributed by atoms with Crippen LogP contribution in [-0.2, 0) is 6.42 Å². The van der Waals surface area contributed by atoms with E-state index in [1.165, 1.54) is 17.7 Å². The number of hydrogen-bond donors (Lipinski definition) is 1. The summed E-state index contributed by atoms with van der Waals surface area (Å²) in [7, 11) is 0. The lowest BCUT2D eigenvalue weighted by atomic mass is 10.0. The normalized spacial score (nSPS) is 14.0. The quantitative estimate of drug-likeness (QED) is 0.907. The summed E-state index contributed by atoms with van der Waals surface area (Å²) in [6.45, 7) is 7.20. The Labute approximate surface area is 119 Å². The molecule has 0 bridgehead atoms. The Kier molecular flexibility index (Phi) is 3.38. The van der Waals surface area contributed by atoms with Crippen LogP contribution in [0.5, 0.6) is 0 Å². The second-order valence-electron chi connectivity index (χ2n) is 5.62. The summed E-state index contributed by atoms with van der Waals surface area (Å²) in [5.74, 6) is 2.75. The van der Waals surface area contributed by atoms with Gasteiger partial charge in [-0.2, -0.15) is 0 Å². The van der Waals surface area contributed by atoms with Gasteiger partial charge in [-0.25, -0.2) is 15.0 Å². The molecule has 0 saturated heterocycles. The minimum atomic E-state index is 0.315. The molecule has 104 valence electrons. The van der Waals surface area contributed by atoms with Crippen LogP contribution in [-0.4, -0.2) is 21.5 Å². The molecule has 0 atom stereocenters. The first-order valence-electron chi connectivity index (χ1n) is 7.23. The van der Waals surface area contributed by atoms with Crippen molar-refractivity contribution in [3.63, 3.8) is 0 Å². The molecule has 2 aromatic rings. The number of benzene rings is 1. The third-order valence-electron chi connectivity index (χ3n) is 3.58. The van der Waals surface area contributed by atoms with Crippen molar-refractivity contribution in [3.05, 3.63) is 35.4 Å². The van der Waals surface area contributed by atoms with Gasteiger partial charge in [0.25, 0.3) is 0 Å². The minimum absolute atomic E-state index is 0.315. The van der Waals surface area contributed by atoms with Crippen LogP contribution in [0.1, 0.15) is 43.4 Å². The van der Waals surface area contributed by atoms with Crippen molar-refractivity contribution >= 4 is 5.69 Å². The van der Waals surface area contributed by atoms with E-state index in [0.29, 0.717) is 5.92 Å². The maximum atomic E-state index is 4.61. The number of fused-ring (bicyclic) bond motifs is 1. The fraction of sp³-hybridized carbons (Fsp3) is 0.438. The highest BCUT2D eigenvalue weighted by Crippen LogP contribution is 2.27. The smallest absolute Gasteiger partial charge is 0.163 e. The highest BCUT2D eigenvalue weighted by Gasteiger charge is 2.13. The Bertz CT molecular complexity index is 634. The SMILES string of the molecule is Cc1nc(-c2ccc3c(c2)CCCN3)nc(C(C)C)n1. The topological polar surface area (TPSA) is 50.7 Å². The van der Waals surface area contributed by atoms with Gasteiger partial charge in [0, 0.05) is 23.7 Å². The van der Waals surface area contributed by atoms with E-state index in [1.54, 1.807) is 0 Å². The summed E-state index contributed by atoms with van der Waals surface area (Å²) < 4.78 is 0. The van der Waals surface area contributed by atoms with E-state index in [4.69, 9.17) is 0 Å². The first-order valence-corrected chi connectivity index (χ1v) is 7.23. The zero-order valence-electron chi connectivity index (χ0n) is 12.3. The number of aryl methyl sites for hydroxylation is 2. The Balaban J connectivity index is 2.04. The van der Waals surface area contributed by atoms with Crippen LogP contribution in [0.25, 0.3) is 11.4 Å². The van der Waals surface area contributed by atoms with E-state index >= 15 is 0 Å². The number of nitrogens with zero attached hydrogens (tertiary/aromatic N) is 3. The lowest BCUT2D eigenvalue weighted by molar-refractivity contribution is 0.750. The van der Waals surface area contributed by atoms with Crippen LogP contribution >= 0.6 is 0 Å². The standard InChI is InChI=1S/C16H20N4/c1-10(2)15-18-11(3)19-16(20-15)13-6-7-14-12(9-13)5-4-8-17-14/h6-7,9-10,17H,4-5,8H2,1-3H3. The molecule has 0 spiro atoms. The molecule has 4 heteroatoms. The number of anilines is 1. The molecule has 0 aliphatic carbocycles. The van der Waals surface area contributed by atoms with Gasteiger partial charge in [0.05, 0.1) is 0 Å². The zero-order chi connectivity index (χ0) is 14.1. The number of rotatable bonds is 2. The average molecular weight is 268 g/mol. The fourth-order valence-electron chi connectivity index (χ4n) is 2.50. The van der Waals surface area contributed by atoms with E-state index in [9.17, 15) is 0 Å². The van der Waals surface area contributed by atoms with Crippen LogP contribution in [0.15, 0.2) is 18.2 Å². The second-order valence-corrected chi connectivity index (χ2v) is 5.62. The lowest BCUT2D eigenvalue weighted by Crippen LogP contribution is -2.11. The maximum Gasteiger partial charge on any atom is 0.163 e. The molecule has 3 rings (SSSR count). The van der Waals surface area contributed by atoms with Crippen molar-refractivity contribution in [1.29, 1.82) is 0 Å². The van der Waals surface area contributed by atoms with E-state index in [-0.39, 0.29) is 0 Å². The predicted molar refractivity (Wildman–Crippen MR) is 80.9 cm³/mol. The van der Waals surface area contributed by atoms with E-state index < -0.39 is 0 Å². The van der Waals surface area contributed by atoms with Gasteiger partial charge in [-0.15, -0.1) is 0 Å². The van der Waals surface area contributed by atoms with Crippen LogP contribution in [0.4, 0.5) is 5.69 Å². The Morgan fingerprint density at radius 1 is 1.15 bits per heavy atom.